The topological polar surface area (TPSA) is 12.5 Å². The fraction of sp³-hybridized carbons (Fsp3) is 0.250. The van der Waals surface area contributed by atoms with Gasteiger partial charge in [-0.25, -0.2) is 0 Å². The van der Waals surface area contributed by atoms with Gasteiger partial charge in [-0.2, -0.15) is 0 Å². The normalized spacial score (nSPS) is 10.4. The summed E-state index contributed by atoms with van der Waals surface area (Å²) in [5.74, 6) is 0.895. The van der Waals surface area contributed by atoms with E-state index in [4.69, 9.17) is 16.3 Å². The number of para-hydroxylation sites is 2. The van der Waals surface area contributed by atoms with Crippen molar-refractivity contribution in [2.45, 2.75) is 11.9 Å². The number of nitrogens with zero attached hydrogens (tertiary/aromatic N) is 1. The van der Waals surface area contributed by atoms with E-state index < -0.39 is 0 Å². The number of ether oxygens (including phenoxy) is 1. The van der Waals surface area contributed by atoms with E-state index in [1.165, 1.54) is 5.56 Å². The molecule has 0 saturated carbocycles. The van der Waals surface area contributed by atoms with Gasteiger partial charge in [0.25, 0.3) is 0 Å². The molecule has 0 aromatic heterocycles. The third-order valence-corrected chi connectivity index (χ3v) is 4.11. The minimum absolute atomic E-state index is 0.744. The van der Waals surface area contributed by atoms with Gasteiger partial charge in [-0.1, -0.05) is 57.9 Å². The molecule has 0 N–H and O–H groups in total. The zero-order valence-corrected chi connectivity index (χ0v) is 13.9. The van der Waals surface area contributed by atoms with Crippen LogP contribution < -0.4 is 9.64 Å². The van der Waals surface area contributed by atoms with Crippen LogP contribution in [0.1, 0.15) is 11.1 Å². The molecule has 0 heterocycles. The van der Waals surface area contributed by atoms with Crippen LogP contribution in [-0.4, -0.2) is 14.2 Å². The first kappa shape index (κ1) is 15.2. The third-order valence-electron chi connectivity index (χ3n) is 3.20. The Hall–Kier alpha value is -1.19. The van der Waals surface area contributed by atoms with Crippen molar-refractivity contribution < 1.29 is 4.74 Å². The van der Waals surface area contributed by atoms with Gasteiger partial charge in [0.2, 0.25) is 0 Å². The number of benzene rings is 2. The summed E-state index contributed by atoms with van der Waals surface area (Å²) < 4.78 is 5.40. The van der Waals surface area contributed by atoms with Crippen LogP contribution in [0.25, 0.3) is 0 Å². The van der Waals surface area contributed by atoms with Gasteiger partial charge in [0.15, 0.2) is 0 Å². The summed E-state index contributed by atoms with van der Waals surface area (Å²) in [4.78, 5) is 2.15. The van der Waals surface area contributed by atoms with E-state index >= 15 is 0 Å². The van der Waals surface area contributed by atoms with E-state index in [0.29, 0.717) is 0 Å². The average Bonchev–Trinajstić information content (AvgIpc) is 2.47. The number of anilines is 1. The molecular weight excluding hydrogens is 338 g/mol. The van der Waals surface area contributed by atoms with Crippen LogP contribution in [0.5, 0.6) is 5.75 Å². The lowest BCUT2D eigenvalue weighted by Gasteiger charge is -2.24. The second kappa shape index (κ2) is 7.00. The Balaban J connectivity index is 2.31. The third kappa shape index (κ3) is 3.28. The molecule has 2 aromatic carbocycles. The Kier molecular flexibility index (Phi) is 5.32. The summed E-state index contributed by atoms with van der Waals surface area (Å²) >= 11 is 9.86. The highest BCUT2D eigenvalue weighted by Crippen LogP contribution is 2.32. The summed E-state index contributed by atoms with van der Waals surface area (Å²) in [5.41, 5.74) is 3.37. The predicted octanol–water partition coefficient (Wildman–Crippen LogP) is 4.88. The molecule has 0 aliphatic rings. The number of methoxy groups -OCH3 is 1. The quantitative estimate of drug-likeness (QED) is 0.710. The van der Waals surface area contributed by atoms with Crippen LogP contribution >= 0.6 is 27.5 Å². The minimum Gasteiger partial charge on any atom is -0.496 e. The van der Waals surface area contributed by atoms with Crippen molar-refractivity contribution in [2.75, 3.05) is 19.1 Å². The van der Waals surface area contributed by atoms with Gasteiger partial charge in [0.1, 0.15) is 5.75 Å². The van der Waals surface area contributed by atoms with Crippen molar-refractivity contribution in [3.05, 3.63) is 58.6 Å². The number of hydrogen-bond donors (Lipinski definition) is 0. The number of hydrogen-bond acceptors (Lipinski definition) is 2. The molecule has 0 fully saturated rings. The maximum Gasteiger partial charge on any atom is 0.123 e. The molecule has 0 amide bonds. The highest BCUT2D eigenvalue weighted by atomic mass is 79.9. The van der Waals surface area contributed by atoms with Gasteiger partial charge in [0.05, 0.1) is 17.8 Å². The first-order valence-electron chi connectivity index (χ1n) is 6.33. The monoisotopic (exact) mass is 353 g/mol. The Labute approximate surface area is 133 Å². The van der Waals surface area contributed by atoms with E-state index in [1.54, 1.807) is 7.11 Å². The van der Waals surface area contributed by atoms with Crippen LogP contribution in [0.2, 0.25) is 5.02 Å². The highest BCUT2D eigenvalue weighted by molar-refractivity contribution is 9.08. The Morgan fingerprint density at radius 2 is 1.80 bits per heavy atom. The Morgan fingerprint density at radius 1 is 1.10 bits per heavy atom. The van der Waals surface area contributed by atoms with Gasteiger partial charge >= 0.3 is 0 Å². The van der Waals surface area contributed by atoms with Crippen molar-refractivity contribution in [3.63, 3.8) is 0 Å². The molecule has 0 spiro atoms. The maximum absolute atomic E-state index is 6.35. The molecule has 2 aromatic rings. The molecule has 2 nitrogen and oxygen atoms in total. The van der Waals surface area contributed by atoms with Crippen molar-refractivity contribution in [1.29, 1.82) is 0 Å². The van der Waals surface area contributed by atoms with Gasteiger partial charge in [-0.05, 0) is 17.7 Å². The lowest BCUT2D eigenvalue weighted by atomic mass is 10.1. The lowest BCUT2D eigenvalue weighted by Crippen LogP contribution is -2.18. The molecule has 20 heavy (non-hydrogen) atoms. The zero-order valence-electron chi connectivity index (χ0n) is 11.6. The second-order valence-electron chi connectivity index (χ2n) is 4.55. The maximum atomic E-state index is 6.35. The van der Waals surface area contributed by atoms with E-state index in [1.807, 2.05) is 37.4 Å². The summed E-state index contributed by atoms with van der Waals surface area (Å²) in [6.07, 6.45) is 0. The first-order chi connectivity index (χ1) is 9.67. The number of halogens is 2. The lowest BCUT2D eigenvalue weighted by molar-refractivity contribution is 0.409. The molecule has 0 radical (unpaired) electrons. The second-order valence-corrected chi connectivity index (χ2v) is 5.52. The van der Waals surface area contributed by atoms with E-state index in [0.717, 1.165) is 33.9 Å². The van der Waals surface area contributed by atoms with Crippen LogP contribution in [0.4, 0.5) is 5.69 Å². The zero-order chi connectivity index (χ0) is 14.5. The van der Waals surface area contributed by atoms with Crippen LogP contribution in [0.3, 0.4) is 0 Å². The first-order valence-corrected chi connectivity index (χ1v) is 7.83. The summed E-state index contributed by atoms with van der Waals surface area (Å²) in [6, 6.07) is 14.0. The van der Waals surface area contributed by atoms with Crippen molar-refractivity contribution >= 4 is 33.2 Å². The molecular formula is C16H17BrClNO. The van der Waals surface area contributed by atoms with Crippen molar-refractivity contribution in [3.8, 4) is 5.75 Å². The van der Waals surface area contributed by atoms with Crippen LogP contribution in [0, 0.1) is 0 Å². The largest absolute Gasteiger partial charge is 0.496 e. The molecule has 0 bridgehead atoms. The highest BCUT2D eigenvalue weighted by Gasteiger charge is 2.13. The molecule has 0 aliphatic heterocycles. The smallest absolute Gasteiger partial charge is 0.123 e. The summed E-state index contributed by atoms with van der Waals surface area (Å²) in [5, 5.41) is 1.54. The minimum atomic E-state index is 0.744. The molecule has 4 heteroatoms. The molecule has 0 atom stereocenters. The van der Waals surface area contributed by atoms with Crippen molar-refractivity contribution in [1.82, 2.24) is 0 Å². The molecule has 0 saturated heterocycles. The Bertz CT molecular complexity index is 588. The predicted molar refractivity (Wildman–Crippen MR) is 89.2 cm³/mol. The standard InChI is InChI=1S/C16H17BrClNO/c1-19(11-13-6-3-4-9-15(13)20-2)16-12(10-17)7-5-8-14(16)18/h3-9H,10-11H2,1-2H3. The molecule has 2 rings (SSSR count). The van der Waals surface area contributed by atoms with Crippen LogP contribution in [0.15, 0.2) is 42.5 Å². The van der Waals surface area contributed by atoms with E-state index in [2.05, 4.69) is 33.0 Å². The molecule has 106 valence electrons. The molecule has 0 unspecified atom stereocenters. The SMILES string of the molecule is COc1ccccc1CN(C)c1c(Cl)cccc1CBr. The number of alkyl halides is 1. The number of rotatable bonds is 5. The Morgan fingerprint density at radius 3 is 2.50 bits per heavy atom. The summed E-state index contributed by atoms with van der Waals surface area (Å²) in [6.45, 7) is 0.744. The van der Waals surface area contributed by atoms with Gasteiger partial charge < -0.3 is 9.64 Å². The van der Waals surface area contributed by atoms with E-state index in [-0.39, 0.29) is 0 Å². The van der Waals surface area contributed by atoms with Gasteiger partial charge in [-0.15, -0.1) is 0 Å². The van der Waals surface area contributed by atoms with E-state index in [9.17, 15) is 0 Å². The fourth-order valence-electron chi connectivity index (χ4n) is 2.26. The van der Waals surface area contributed by atoms with Gasteiger partial charge in [-0.3, -0.25) is 0 Å². The summed E-state index contributed by atoms with van der Waals surface area (Å²) in [7, 11) is 3.73. The van der Waals surface area contributed by atoms with Crippen LogP contribution in [-0.2, 0) is 11.9 Å². The average molecular weight is 355 g/mol. The van der Waals surface area contributed by atoms with Crippen molar-refractivity contribution in [2.24, 2.45) is 0 Å². The fourth-order valence-corrected chi connectivity index (χ4v) is 3.05. The van der Waals surface area contributed by atoms with Gasteiger partial charge in [0, 0.05) is 24.5 Å². The molecule has 0 aliphatic carbocycles.